The van der Waals surface area contributed by atoms with Crippen LogP contribution in [0.1, 0.15) is 38.5 Å². The van der Waals surface area contributed by atoms with Gasteiger partial charge in [-0.25, -0.2) is 4.79 Å². The molecular weight excluding hydrogens is 176 g/mol. The van der Waals surface area contributed by atoms with E-state index in [9.17, 15) is 4.79 Å². The minimum Gasteiger partial charge on any atom is -0.325 e. The largest absolute Gasteiger partial charge is 0.325 e. The lowest BCUT2D eigenvalue weighted by Crippen LogP contribution is -2.49. The molecule has 2 fully saturated rings. The van der Waals surface area contributed by atoms with Crippen molar-refractivity contribution in [1.29, 1.82) is 0 Å². The molecule has 14 heavy (non-hydrogen) atoms. The first kappa shape index (κ1) is 9.81. The maximum Gasteiger partial charge on any atom is 0.319 e. The average Bonchev–Trinajstić information content (AvgIpc) is 2.15. The molecule has 0 aromatic carbocycles. The Morgan fingerprint density at radius 2 is 1.79 bits per heavy atom. The van der Waals surface area contributed by atoms with Gasteiger partial charge in [-0.3, -0.25) is 0 Å². The Labute approximate surface area is 86.1 Å². The van der Waals surface area contributed by atoms with Gasteiger partial charge in [0.25, 0.3) is 0 Å². The number of piperidine rings is 1. The summed E-state index contributed by atoms with van der Waals surface area (Å²) in [5, 5.41) is 0. The highest BCUT2D eigenvalue weighted by Gasteiger charge is 2.28. The Morgan fingerprint density at radius 1 is 1.14 bits per heavy atom. The fraction of sp³-hybridized carbons (Fsp3) is 0.909. The van der Waals surface area contributed by atoms with E-state index in [1.54, 1.807) is 0 Å². The number of likely N-dealkylation sites (tertiary alicyclic amines) is 1. The summed E-state index contributed by atoms with van der Waals surface area (Å²) in [6, 6.07) is 0.791. The molecule has 80 valence electrons. The van der Waals surface area contributed by atoms with Crippen molar-refractivity contribution in [1.82, 2.24) is 9.80 Å². The second-order valence-corrected chi connectivity index (χ2v) is 4.53. The summed E-state index contributed by atoms with van der Waals surface area (Å²) >= 11 is 0. The molecule has 2 rings (SSSR count). The Hall–Kier alpha value is -0.730. The van der Waals surface area contributed by atoms with Crippen LogP contribution < -0.4 is 0 Å². The monoisotopic (exact) mass is 196 g/mol. The summed E-state index contributed by atoms with van der Waals surface area (Å²) in [6.07, 6.45) is 7.36. The molecule has 1 heterocycles. The van der Waals surface area contributed by atoms with Crippen LogP contribution in [0.2, 0.25) is 0 Å². The highest BCUT2D eigenvalue weighted by atomic mass is 16.2. The molecular formula is C11H20N2O. The minimum absolute atomic E-state index is 0.259. The number of urea groups is 1. The zero-order chi connectivity index (χ0) is 9.97. The average molecular weight is 196 g/mol. The first-order chi connectivity index (χ1) is 6.79. The number of nitrogens with zero attached hydrogens (tertiary/aromatic N) is 2. The van der Waals surface area contributed by atoms with Gasteiger partial charge in [0.05, 0.1) is 0 Å². The molecule has 1 aliphatic heterocycles. The molecule has 0 radical (unpaired) electrons. The lowest BCUT2D eigenvalue weighted by molar-refractivity contribution is 0.115. The Bertz CT molecular complexity index is 203. The van der Waals surface area contributed by atoms with Crippen molar-refractivity contribution in [3.63, 3.8) is 0 Å². The van der Waals surface area contributed by atoms with Crippen LogP contribution in [-0.4, -0.2) is 42.0 Å². The first-order valence-electron chi connectivity index (χ1n) is 5.81. The van der Waals surface area contributed by atoms with Gasteiger partial charge in [-0.05, 0) is 38.5 Å². The van der Waals surface area contributed by atoms with Crippen molar-refractivity contribution in [3.05, 3.63) is 0 Å². The molecule has 3 nitrogen and oxygen atoms in total. The van der Waals surface area contributed by atoms with Gasteiger partial charge in [0, 0.05) is 26.2 Å². The van der Waals surface area contributed by atoms with Gasteiger partial charge in [-0.2, -0.15) is 0 Å². The third-order valence-corrected chi connectivity index (χ3v) is 3.55. The molecule has 2 aliphatic rings. The third kappa shape index (κ3) is 1.86. The van der Waals surface area contributed by atoms with Crippen molar-refractivity contribution in [2.24, 2.45) is 0 Å². The molecule has 3 heteroatoms. The van der Waals surface area contributed by atoms with Crippen LogP contribution >= 0.6 is 0 Å². The second kappa shape index (κ2) is 4.20. The molecule has 0 aromatic heterocycles. The molecule has 0 N–H and O–H groups in total. The van der Waals surface area contributed by atoms with Crippen LogP contribution in [0.3, 0.4) is 0 Å². The fourth-order valence-corrected chi connectivity index (χ4v) is 2.24. The molecule has 1 saturated heterocycles. The van der Waals surface area contributed by atoms with Crippen molar-refractivity contribution in [2.45, 2.75) is 44.6 Å². The maximum absolute atomic E-state index is 12.0. The predicted octanol–water partition coefficient (Wildman–Crippen LogP) is 2.08. The van der Waals surface area contributed by atoms with Crippen LogP contribution in [0.25, 0.3) is 0 Å². The van der Waals surface area contributed by atoms with Gasteiger partial charge >= 0.3 is 6.03 Å². The highest BCUT2D eigenvalue weighted by molar-refractivity contribution is 5.74. The second-order valence-electron chi connectivity index (χ2n) is 4.53. The SMILES string of the molecule is CN(C(=O)N1CCCCC1)C1CCC1. The maximum atomic E-state index is 12.0. The molecule has 0 aromatic rings. The van der Waals surface area contributed by atoms with Crippen molar-refractivity contribution >= 4 is 6.03 Å². The van der Waals surface area contributed by atoms with E-state index >= 15 is 0 Å². The zero-order valence-corrected chi connectivity index (χ0v) is 9.04. The number of hydrogen-bond acceptors (Lipinski definition) is 1. The topological polar surface area (TPSA) is 23.6 Å². The Balaban J connectivity index is 1.85. The van der Waals surface area contributed by atoms with Crippen molar-refractivity contribution in [3.8, 4) is 0 Å². The Kier molecular flexibility index (Phi) is 2.94. The van der Waals surface area contributed by atoms with Gasteiger partial charge < -0.3 is 9.80 Å². The quantitative estimate of drug-likeness (QED) is 0.630. The minimum atomic E-state index is 0.259. The van der Waals surface area contributed by atoms with E-state index in [-0.39, 0.29) is 6.03 Å². The van der Waals surface area contributed by atoms with E-state index in [4.69, 9.17) is 0 Å². The third-order valence-electron chi connectivity index (χ3n) is 3.55. The predicted molar refractivity (Wildman–Crippen MR) is 56.2 cm³/mol. The number of hydrogen-bond donors (Lipinski definition) is 0. The lowest BCUT2D eigenvalue weighted by Gasteiger charge is -2.39. The smallest absolute Gasteiger partial charge is 0.319 e. The molecule has 1 saturated carbocycles. The van der Waals surface area contributed by atoms with E-state index in [1.165, 1.54) is 38.5 Å². The number of amides is 2. The first-order valence-corrected chi connectivity index (χ1v) is 5.81. The van der Waals surface area contributed by atoms with Crippen molar-refractivity contribution in [2.75, 3.05) is 20.1 Å². The molecule has 0 spiro atoms. The van der Waals surface area contributed by atoms with Gasteiger partial charge in [0.1, 0.15) is 0 Å². The number of carbonyl (C=O) groups is 1. The van der Waals surface area contributed by atoms with E-state index in [0.29, 0.717) is 6.04 Å². The highest BCUT2D eigenvalue weighted by Crippen LogP contribution is 2.24. The normalized spacial score (nSPS) is 23.1. The number of rotatable bonds is 1. The van der Waals surface area contributed by atoms with Crippen LogP contribution in [0.4, 0.5) is 4.79 Å². The molecule has 0 unspecified atom stereocenters. The van der Waals surface area contributed by atoms with Crippen LogP contribution in [0.5, 0.6) is 0 Å². The summed E-state index contributed by atoms with van der Waals surface area (Å²) in [5.74, 6) is 0. The molecule has 2 amide bonds. The summed E-state index contributed by atoms with van der Waals surface area (Å²) in [6.45, 7) is 1.94. The standard InChI is InChI=1S/C11H20N2O/c1-12(10-6-5-7-10)11(14)13-8-3-2-4-9-13/h10H,2-9H2,1H3. The van der Waals surface area contributed by atoms with Crippen LogP contribution in [0.15, 0.2) is 0 Å². The summed E-state index contributed by atoms with van der Waals surface area (Å²) in [4.78, 5) is 16.0. The van der Waals surface area contributed by atoms with Gasteiger partial charge in [-0.1, -0.05) is 0 Å². The van der Waals surface area contributed by atoms with Crippen LogP contribution in [-0.2, 0) is 0 Å². The van der Waals surface area contributed by atoms with E-state index < -0.39 is 0 Å². The summed E-state index contributed by atoms with van der Waals surface area (Å²) in [7, 11) is 1.96. The summed E-state index contributed by atoms with van der Waals surface area (Å²) < 4.78 is 0. The number of carbonyl (C=O) groups excluding carboxylic acids is 1. The van der Waals surface area contributed by atoms with Gasteiger partial charge in [0.15, 0.2) is 0 Å². The van der Waals surface area contributed by atoms with E-state index in [0.717, 1.165) is 13.1 Å². The Morgan fingerprint density at radius 3 is 2.29 bits per heavy atom. The fourth-order valence-electron chi connectivity index (χ4n) is 2.24. The van der Waals surface area contributed by atoms with Gasteiger partial charge in [-0.15, -0.1) is 0 Å². The lowest BCUT2D eigenvalue weighted by atomic mass is 9.92. The molecule has 0 bridgehead atoms. The van der Waals surface area contributed by atoms with E-state index in [2.05, 4.69) is 0 Å². The van der Waals surface area contributed by atoms with E-state index in [1.807, 2.05) is 16.8 Å². The molecule has 0 atom stereocenters. The summed E-state index contributed by atoms with van der Waals surface area (Å²) in [5.41, 5.74) is 0. The van der Waals surface area contributed by atoms with Gasteiger partial charge in [0.2, 0.25) is 0 Å². The molecule has 1 aliphatic carbocycles. The van der Waals surface area contributed by atoms with Crippen LogP contribution in [0, 0.1) is 0 Å². The zero-order valence-electron chi connectivity index (χ0n) is 9.04. The van der Waals surface area contributed by atoms with Crippen molar-refractivity contribution < 1.29 is 4.79 Å².